The Morgan fingerprint density at radius 3 is 2.71 bits per heavy atom. The Bertz CT molecular complexity index is 484. The molecule has 1 atom stereocenters. The van der Waals surface area contributed by atoms with Gasteiger partial charge in [0.1, 0.15) is 0 Å². The van der Waals surface area contributed by atoms with Gasteiger partial charge in [-0.05, 0) is 47.1 Å². The summed E-state index contributed by atoms with van der Waals surface area (Å²) in [5.41, 5.74) is 2.16. The summed E-state index contributed by atoms with van der Waals surface area (Å²) in [7, 11) is 3.36. The smallest absolute Gasteiger partial charge is 0.165 e. The molecule has 0 bridgehead atoms. The van der Waals surface area contributed by atoms with Crippen LogP contribution in [-0.4, -0.2) is 14.2 Å². The van der Waals surface area contributed by atoms with E-state index in [1.807, 2.05) is 12.4 Å². The first kappa shape index (κ1) is 12.1. The van der Waals surface area contributed by atoms with Gasteiger partial charge in [-0.25, -0.2) is 4.39 Å². The SMILES string of the molecule is CNC(c1ccsc1)c1ccc(F)c(OC)c1. The molecular formula is C13H14FNOS. The maximum atomic E-state index is 13.3. The van der Waals surface area contributed by atoms with Crippen LogP contribution >= 0.6 is 11.3 Å². The highest BCUT2D eigenvalue weighted by molar-refractivity contribution is 7.08. The zero-order valence-electron chi connectivity index (χ0n) is 9.74. The summed E-state index contributed by atoms with van der Waals surface area (Å²) in [5.74, 6) is -0.0607. The fraction of sp³-hybridized carbons (Fsp3) is 0.231. The molecule has 1 heterocycles. The van der Waals surface area contributed by atoms with Gasteiger partial charge in [0.15, 0.2) is 11.6 Å². The molecule has 0 saturated carbocycles. The largest absolute Gasteiger partial charge is 0.494 e. The number of hydrogen-bond donors (Lipinski definition) is 1. The van der Waals surface area contributed by atoms with Gasteiger partial charge in [0.2, 0.25) is 0 Å². The van der Waals surface area contributed by atoms with E-state index in [2.05, 4.69) is 16.8 Å². The van der Waals surface area contributed by atoms with E-state index < -0.39 is 0 Å². The average Bonchev–Trinajstić information content (AvgIpc) is 2.86. The number of thiophene rings is 1. The monoisotopic (exact) mass is 251 g/mol. The van der Waals surface area contributed by atoms with Crippen molar-refractivity contribution in [2.24, 2.45) is 0 Å². The van der Waals surface area contributed by atoms with Gasteiger partial charge in [-0.1, -0.05) is 6.07 Å². The van der Waals surface area contributed by atoms with Crippen LogP contribution in [0, 0.1) is 5.82 Å². The molecule has 17 heavy (non-hydrogen) atoms. The molecule has 0 radical (unpaired) electrons. The van der Waals surface area contributed by atoms with Gasteiger partial charge in [0.25, 0.3) is 0 Å². The minimum atomic E-state index is -0.337. The molecule has 90 valence electrons. The highest BCUT2D eigenvalue weighted by Crippen LogP contribution is 2.27. The van der Waals surface area contributed by atoms with E-state index >= 15 is 0 Å². The first-order valence-electron chi connectivity index (χ1n) is 5.29. The fourth-order valence-electron chi connectivity index (χ4n) is 1.82. The van der Waals surface area contributed by atoms with E-state index in [0.29, 0.717) is 0 Å². The summed E-state index contributed by atoms with van der Waals surface area (Å²) in [6, 6.07) is 7.06. The summed E-state index contributed by atoms with van der Waals surface area (Å²) in [6.45, 7) is 0. The zero-order chi connectivity index (χ0) is 12.3. The minimum absolute atomic E-state index is 0.0655. The average molecular weight is 251 g/mol. The van der Waals surface area contributed by atoms with Crippen LogP contribution in [0.25, 0.3) is 0 Å². The molecule has 1 aromatic heterocycles. The fourth-order valence-corrected chi connectivity index (χ4v) is 2.51. The molecule has 2 nitrogen and oxygen atoms in total. The molecule has 0 amide bonds. The van der Waals surface area contributed by atoms with E-state index in [-0.39, 0.29) is 17.6 Å². The summed E-state index contributed by atoms with van der Waals surface area (Å²) >= 11 is 1.65. The van der Waals surface area contributed by atoms with Crippen LogP contribution in [0.2, 0.25) is 0 Å². The van der Waals surface area contributed by atoms with Gasteiger partial charge in [-0.15, -0.1) is 0 Å². The number of ether oxygens (including phenoxy) is 1. The molecule has 0 aliphatic rings. The number of nitrogens with one attached hydrogen (secondary N) is 1. The summed E-state index contributed by atoms with van der Waals surface area (Å²) in [5, 5.41) is 7.33. The van der Waals surface area contributed by atoms with Crippen molar-refractivity contribution in [3.63, 3.8) is 0 Å². The van der Waals surface area contributed by atoms with Crippen LogP contribution in [-0.2, 0) is 0 Å². The third-order valence-electron chi connectivity index (χ3n) is 2.67. The first-order valence-corrected chi connectivity index (χ1v) is 6.23. The molecule has 0 spiro atoms. The van der Waals surface area contributed by atoms with Crippen molar-refractivity contribution in [2.45, 2.75) is 6.04 Å². The second-order valence-electron chi connectivity index (χ2n) is 3.67. The van der Waals surface area contributed by atoms with Crippen LogP contribution in [0.3, 0.4) is 0 Å². The molecule has 1 aromatic carbocycles. The Hall–Kier alpha value is -1.39. The summed E-state index contributed by atoms with van der Waals surface area (Å²) in [6.07, 6.45) is 0. The highest BCUT2D eigenvalue weighted by Gasteiger charge is 2.14. The van der Waals surface area contributed by atoms with Crippen molar-refractivity contribution in [3.8, 4) is 5.75 Å². The Morgan fingerprint density at radius 2 is 2.12 bits per heavy atom. The van der Waals surface area contributed by atoms with Gasteiger partial charge in [-0.3, -0.25) is 0 Å². The Morgan fingerprint density at radius 1 is 1.29 bits per heavy atom. The van der Waals surface area contributed by atoms with Crippen molar-refractivity contribution in [1.82, 2.24) is 5.32 Å². The number of benzene rings is 1. The Kier molecular flexibility index (Phi) is 3.76. The lowest BCUT2D eigenvalue weighted by Crippen LogP contribution is -2.17. The first-order chi connectivity index (χ1) is 8.26. The van der Waals surface area contributed by atoms with E-state index in [0.717, 1.165) is 5.56 Å². The van der Waals surface area contributed by atoms with Gasteiger partial charge in [-0.2, -0.15) is 11.3 Å². The van der Waals surface area contributed by atoms with Gasteiger partial charge in [0, 0.05) is 0 Å². The maximum absolute atomic E-state index is 13.3. The molecule has 0 fully saturated rings. The van der Waals surface area contributed by atoms with Crippen LogP contribution < -0.4 is 10.1 Å². The topological polar surface area (TPSA) is 21.3 Å². The molecule has 2 rings (SSSR count). The number of halogens is 1. The van der Waals surface area contributed by atoms with Crippen LogP contribution in [0.5, 0.6) is 5.75 Å². The summed E-state index contributed by atoms with van der Waals surface area (Å²) < 4.78 is 18.3. The summed E-state index contributed by atoms with van der Waals surface area (Å²) in [4.78, 5) is 0. The van der Waals surface area contributed by atoms with Gasteiger partial charge in [0.05, 0.1) is 13.2 Å². The molecule has 1 unspecified atom stereocenters. The minimum Gasteiger partial charge on any atom is -0.494 e. The number of hydrogen-bond acceptors (Lipinski definition) is 3. The molecule has 0 saturated heterocycles. The molecule has 0 aliphatic heterocycles. The van der Waals surface area contributed by atoms with Crippen LogP contribution in [0.4, 0.5) is 4.39 Å². The van der Waals surface area contributed by atoms with Crippen molar-refractivity contribution < 1.29 is 9.13 Å². The number of rotatable bonds is 4. The van der Waals surface area contributed by atoms with Gasteiger partial charge < -0.3 is 10.1 Å². The maximum Gasteiger partial charge on any atom is 0.165 e. The second-order valence-corrected chi connectivity index (χ2v) is 4.45. The van der Waals surface area contributed by atoms with E-state index in [4.69, 9.17) is 4.74 Å². The lowest BCUT2D eigenvalue weighted by Gasteiger charge is -2.16. The molecule has 1 N–H and O–H groups in total. The lowest BCUT2D eigenvalue weighted by atomic mass is 10.0. The zero-order valence-corrected chi connectivity index (χ0v) is 10.6. The predicted molar refractivity (Wildman–Crippen MR) is 68.2 cm³/mol. The van der Waals surface area contributed by atoms with Crippen molar-refractivity contribution in [3.05, 3.63) is 52.0 Å². The molecule has 2 aromatic rings. The third-order valence-corrected chi connectivity index (χ3v) is 3.38. The van der Waals surface area contributed by atoms with E-state index in [9.17, 15) is 4.39 Å². The van der Waals surface area contributed by atoms with Crippen LogP contribution in [0.1, 0.15) is 17.2 Å². The lowest BCUT2D eigenvalue weighted by molar-refractivity contribution is 0.385. The quantitative estimate of drug-likeness (QED) is 0.901. The number of methoxy groups -OCH3 is 1. The van der Waals surface area contributed by atoms with Crippen molar-refractivity contribution in [1.29, 1.82) is 0 Å². The van der Waals surface area contributed by atoms with E-state index in [1.54, 1.807) is 23.5 Å². The molecule has 4 heteroatoms. The highest BCUT2D eigenvalue weighted by atomic mass is 32.1. The van der Waals surface area contributed by atoms with Crippen LogP contribution in [0.15, 0.2) is 35.0 Å². The second kappa shape index (κ2) is 5.29. The predicted octanol–water partition coefficient (Wildman–Crippen LogP) is 3.20. The molecule has 0 aliphatic carbocycles. The standard InChI is InChI=1S/C13H14FNOS/c1-15-13(10-5-6-17-8-10)9-3-4-11(14)12(7-9)16-2/h3-8,13,15H,1-2H3. The Labute approximate surface area is 104 Å². The van der Waals surface area contributed by atoms with Crippen molar-refractivity contribution >= 4 is 11.3 Å². The Balaban J connectivity index is 2.38. The molecular weight excluding hydrogens is 237 g/mol. The van der Waals surface area contributed by atoms with Gasteiger partial charge >= 0.3 is 0 Å². The third kappa shape index (κ3) is 2.48. The van der Waals surface area contributed by atoms with Crippen molar-refractivity contribution in [2.75, 3.05) is 14.2 Å². The van der Waals surface area contributed by atoms with E-state index in [1.165, 1.54) is 18.7 Å². The normalized spacial score (nSPS) is 12.4.